The molecule has 0 fully saturated rings. The van der Waals surface area contributed by atoms with Crippen molar-refractivity contribution in [2.24, 2.45) is 19.2 Å². The molecule has 0 atom stereocenters. The number of benzene rings is 1. The molecule has 0 spiro atoms. The zero-order valence-electron chi connectivity index (χ0n) is 13.0. The van der Waals surface area contributed by atoms with Gasteiger partial charge in [-0.1, -0.05) is 0 Å². The number of hydrogen-bond acceptors (Lipinski definition) is 5. The molecule has 7 nitrogen and oxygen atoms in total. The Morgan fingerprint density at radius 3 is 2.36 bits per heavy atom. The Hall–Kier alpha value is -2.83. The summed E-state index contributed by atoms with van der Waals surface area (Å²) in [6.45, 7) is 1.83. The molecule has 0 bridgehead atoms. The lowest BCUT2D eigenvalue weighted by Crippen LogP contribution is -2.37. The number of aromatic nitrogens is 2. The van der Waals surface area contributed by atoms with Crippen LogP contribution in [0.25, 0.3) is 0 Å². The van der Waals surface area contributed by atoms with Crippen LogP contribution < -0.4 is 21.4 Å². The van der Waals surface area contributed by atoms with Gasteiger partial charge in [0.25, 0.3) is 5.56 Å². The zero-order chi connectivity index (χ0) is 16.3. The Morgan fingerprint density at radius 1 is 1.14 bits per heavy atom. The highest BCUT2D eigenvalue weighted by molar-refractivity contribution is 5.99. The smallest absolute Gasteiger partial charge is 0.332 e. The van der Waals surface area contributed by atoms with E-state index in [1.54, 1.807) is 14.2 Å². The van der Waals surface area contributed by atoms with Gasteiger partial charge in [0.05, 0.1) is 12.8 Å². The maximum absolute atomic E-state index is 11.8. The third kappa shape index (κ3) is 3.08. The quantitative estimate of drug-likeness (QED) is 0.673. The fourth-order valence-electron chi connectivity index (χ4n) is 1.88. The Labute approximate surface area is 127 Å². The zero-order valence-corrected chi connectivity index (χ0v) is 13.0. The molecule has 0 unspecified atom stereocenters. The summed E-state index contributed by atoms with van der Waals surface area (Å²) in [5.74, 6) is 1.10. The summed E-state index contributed by atoms with van der Waals surface area (Å²) < 4.78 is 7.46. The van der Waals surface area contributed by atoms with Gasteiger partial charge in [-0.3, -0.25) is 19.4 Å². The van der Waals surface area contributed by atoms with Crippen LogP contribution in [0, 0.1) is 0 Å². The largest absolute Gasteiger partial charge is 0.497 e. The number of nitrogens with one attached hydrogen (secondary N) is 1. The Bertz CT molecular complexity index is 816. The molecular weight excluding hydrogens is 284 g/mol. The van der Waals surface area contributed by atoms with E-state index in [0.717, 1.165) is 21.6 Å². The first-order valence-corrected chi connectivity index (χ1v) is 6.66. The van der Waals surface area contributed by atoms with Crippen LogP contribution in [0.5, 0.6) is 5.75 Å². The summed E-state index contributed by atoms with van der Waals surface area (Å²) in [7, 11) is 4.61. The minimum atomic E-state index is -0.410. The van der Waals surface area contributed by atoms with Crippen LogP contribution in [0.4, 0.5) is 5.82 Å². The Balaban J connectivity index is 2.27. The van der Waals surface area contributed by atoms with Crippen LogP contribution in [0.3, 0.4) is 0 Å². The molecule has 1 N–H and O–H groups in total. The van der Waals surface area contributed by atoms with Gasteiger partial charge in [-0.25, -0.2) is 4.79 Å². The van der Waals surface area contributed by atoms with Crippen molar-refractivity contribution in [1.29, 1.82) is 0 Å². The summed E-state index contributed by atoms with van der Waals surface area (Å²) in [5.41, 5.74) is 3.58. The monoisotopic (exact) mass is 302 g/mol. The maximum Gasteiger partial charge on any atom is 0.332 e. The van der Waals surface area contributed by atoms with E-state index in [1.807, 2.05) is 31.2 Å². The molecule has 7 heteroatoms. The van der Waals surface area contributed by atoms with Gasteiger partial charge in [0.1, 0.15) is 11.6 Å². The number of nitrogens with zero attached hydrogens (tertiary/aromatic N) is 3. The molecule has 0 saturated heterocycles. The predicted molar refractivity (Wildman–Crippen MR) is 85.8 cm³/mol. The summed E-state index contributed by atoms with van der Waals surface area (Å²) >= 11 is 0. The number of rotatable bonds is 4. The lowest BCUT2D eigenvalue weighted by atomic mass is 10.1. The molecule has 0 radical (unpaired) electrons. The van der Waals surface area contributed by atoms with E-state index in [1.165, 1.54) is 17.7 Å². The van der Waals surface area contributed by atoms with Gasteiger partial charge >= 0.3 is 5.69 Å². The van der Waals surface area contributed by atoms with Crippen molar-refractivity contribution in [3.05, 3.63) is 56.7 Å². The van der Waals surface area contributed by atoms with Gasteiger partial charge in [-0.15, -0.1) is 0 Å². The minimum Gasteiger partial charge on any atom is -0.497 e. The van der Waals surface area contributed by atoms with Crippen molar-refractivity contribution in [2.45, 2.75) is 6.92 Å². The van der Waals surface area contributed by atoms with Crippen LogP contribution in [0.1, 0.15) is 12.5 Å². The molecule has 0 amide bonds. The van der Waals surface area contributed by atoms with E-state index in [4.69, 9.17) is 4.74 Å². The Kier molecular flexibility index (Phi) is 4.45. The van der Waals surface area contributed by atoms with Crippen molar-refractivity contribution >= 4 is 11.5 Å². The third-order valence-corrected chi connectivity index (χ3v) is 3.37. The minimum absolute atomic E-state index is 0.334. The van der Waals surface area contributed by atoms with Crippen molar-refractivity contribution in [2.75, 3.05) is 12.5 Å². The normalized spacial score (nSPS) is 11.4. The third-order valence-electron chi connectivity index (χ3n) is 3.37. The first-order chi connectivity index (χ1) is 10.4. The van der Waals surface area contributed by atoms with Crippen molar-refractivity contribution in [3.8, 4) is 5.75 Å². The first kappa shape index (κ1) is 15.6. The highest BCUT2D eigenvalue weighted by atomic mass is 16.5. The van der Waals surface area contributed by atoms with Crippen LogP contribution in [-0.2, 0) is 14.1 Å². The lowest BCUT2D eigenvalue weighted by molar-refractivity contribution is 0.415. The van der Waals surface area contributed by atoms with E-state index >= 15 is 0 Å². The average molecular weight is 302 g/mol. The molecular formula is C15H18N4O3. The van der Waals surface area contributed by atoms with Gasteiger partial charge in [0, 0.05) is 20.2 Å². The average Bonchev–Trinajstić information content (AvgIpc) is 2.54. The second-order valence-corrected chi connectivity index (χ2v) is 4.81. The molecule has 1 heterocycles. The van der Waals surface area contributed by atoms with Crippen LogP contribution in [0.2, 0.25) is 0 Å². The summed E-state index contributed by atoms with van der Waals surface area (Å²) in [5, 5.41) is 4.21. The molecule has 0 aliphatic carbocycles. The van der Waals surface area contributed by atoms with Crippen molar-refractivity contribution in [3.63, 3.8) is 0 Å². The number of ether oxygens (including phenoxy) is 1. The van der Waals surface area contributed by atoms with Gasteiger partial charge in [0.2, 0.25) is 0 Å². The standard InChI is InChI=1S/C15H18N4O3/c1-10(11-5-7-12(22-4)8-6-11)16-17-13-9-14(20)19(3)15(21)18(13)2/h5-9,17H,1-4H3/b16-10+. The summed E-state index contributed by atoms with van der Waals surface area (Å²) in [4.78, 5) is 23.5. The molecule has 0 aliphatic heterocycles. The maximum atomic E-state index is 11.8. The van der Waals surface area contributed by atoms with Gasteiger partial charge in [-0.2, -0.15) is 5.10 Å². The fraction of sp³-hybridized carbons (Fsp3) is 0.267. The molecule has 2 rings (SSSR count). The molecule has 1 aromatic heterocycles. The molecule has 1 aromatic carbocycles. The highest BCUT2D eigenvalue weighted by Crippen LogP contribution is 2.12. The molecule has 0 aliphatic rings. The highest BCUT2D eigenvalue weighted by Gasteiger charge is 2.05. The van der Waals surface area contributed by atoms with Gasteiger partial charge in [0.15, 0.2) is 0 Å². The summed E-state index contributed by atoms with van der Waals surface area (Å²) in [6.07, 6.45) is 0. The van der Waals surface area contributed by atoms with Crippen molar-refractivity contribution in [1.82, 2.24) is 9.13 Å². The number of hydrogen-bond donors (Lipinski definition) is 1. The number of hydrazone groups is 1. The summed E-state index contributed by atoms with van der Waals surface area (Å²) in [6, 6.07) is 8.75. The lowest BCUT2D eigenvalue weighted by Gasteiger charge is -2.09. The molecule has 22 heavy (non-hydrogen) atoms. The first-order valence-electron chi connectivity index (χ1n) is 6.66. The van der Waals surface area contributed by atoms with E-state index in [0.29, 0.717) is 5.82 Å². The Morgan fingerprint density at radius 2 is 1.77 bits per heavy atom. The topological polar surface area (TPSA) is 77.6 Å². The van der Waals surface area contributed by atoms with E-state index in [-0.39, 0.29) is 5.56 Å². The number of methoxy groups -OCH3 is 1. The fourth-order valence-corrected chi connectivity index (χ4v) is 1.88. The second-order valence-electron chi connectivity index (χ2n) is 4.81. The van der Waals surface area contributed by atoms with Gasteiger partial charge < -0.3 is 4.74 Å². The van der Waals surface area contributed by atoms with Crippen molar-refractivity contribution < 1.29 is 4.74 Å². The molecule has 116 valence electrons. The van der Waals surface area contributed by atoms with E-state index in [9.17, 15) is 9.59 Å². The predicted octanol–water partition coefficient (Wildman–Crippen LogP) is 0.929. The molecule has 0 saturated carbocycles. The van der Waals surface area contributed by atoms with Crippen LogP contribution in [-0.4, -0.2) is 22.0 Å². The second kappa shape index (κ2) is 6.30. The number of anilines is 1. The SMILES string of the molecule is COc1ccc(/C(C)=N/Nc2cc(=O)n(C)c(=O)n2C)cc1. The van der Waals surface area contributed by atoms with Crippen LogP contribution >= 0.6 is 0 Å². The van der Waals surface area contributed by atoms with E-state index in [2.05, 4.69) is 10.5 Å². The molecule has 2 aromatic rings. The van der Waals surface area contributed by atoms with Gasteiger partial charge in [-0.05, 0) is 36.8 Å². The van der Waals surface area contributed by atoms with Crippen LogP contribution in [0.15, 0.2) is 45.0 Å². The van der Waals surface area contributed by atoms with E-state index < -0.39 is 5.69 Å².